The highest BCUT2D eigenvalue weighted by molar-refractivity contribution is 5.92. The van der Waals surface area contributed by atoms with Crippen LogP contribution in [0.4, 0.5) is 5.69 Å². The molecule has 0 aromatic heterocycles. The summed E-state index contributed by atoms with van der Waals surface area (Å²) in [4.78, 5) is 12.0. The molecule has 2 aromatic carbocycles. The van der Waals surface area contributed by atoms with Crippen molar-refractivity contribution in [1.29, 1.82) is 0 Å². The van der Waals surface area contributed by atoms with E-state index in [0.29, 0.717) is 12.4 Å². The minimum absolute atomic E-state index is 0.0264. The van der Waals surface area contributed by atoms with Gasteiger partial charge in [0.2, 0.25) is 0 Å². The molecule has 0 atom stereocenters. The molecule has 4 heteroatoms. The summed E-state index contributed by atoms with van der Waals surface area (Å²) in [5.74, 6) is 1.25. The number of amides is 1. The second-order valence-electron chi connectivity index (χ2n) is 4.99. The molecular weight excluding hydrogens is 278 g/mol. The fraction of sp³-hybridized carbons (Fsp3) is 0.278. The molecule has 0 bridgehead atoms. The van der Waals surface area contributed by atoms with Crippen LogP contribution in [0, 0.1) is 13.8 Å². The molecule has 0 heterocycles. The van der Waals surface area contributed by atoms with Gasteiger partial charge in [0, 0.05) is 5.69 Å². The van der Waals surface area contributed by atoms with Crippen molar-refractivity contribution in [3.05, 3.63) is 53.6 Å². The Morgan fingerprint density at radius 3 is 2.27 bits per heavy atom. The van der Waals surface area contributed by atoms with Gasteiger partial charge in [-0.1, -0.05) is 12.1 Å². The van der Waals surface area contributed by atoms with Crippen LogP contribution in [0.25, 0.3) is 0 Å². The van der Waals surface area contributed by atoms with Crippen molar-refractivity contribution in [1.82, 2.24) is 0 Å². The van der Waals surface area contributed by atoms with Crippen LogP contribution in [0.2, 0.25) is 0 Å². The number of carbonyl (C=O) groups is 1. The van der Waals surface area contributed by atoms with Crippen LogP contribution >= 0.6 is 0 Å². The van der Waals surface area contributed by atoms with Crippen LogP contribution in [-0.4, -0.2) is 19.1 Å². The molecule has 0 aliphatic heterocycles. The molecule has 0 saturated carbocycles. The predicted molar refractivity (Wildman–Crippen MR) is 87.7 cm³/mol. The minimum Gasteiger partial charge on any atom is -0.494 e. The Labute approximate surface area is 131 Å². The van der Waals surface area contributed by atoms with Crippen LogP contribution < -0.4 is 14.8 Å². The highest BCUT2D eigenvalue weighted by Gasteiger charge is 2.07. The normalized spacial score (nSPS) is 10.1. The number of rotatable bonds is 6. The van der Waals surface area contributed by atoms with E-state index in [4.69, 9.17) is 9.47 Å². The quantitative estimate of drug-likeness (QED) is 0.884. The van der Waals surface area contributed by atoms with Crippen molar-refractivity contribution in [3.63, 3.8) is 0 Å². The van der Waals surface area contributed by atoms with Gasteiger partial charge in [-0.25, -0.2) is 0 Å². The lowest BCUT2D eigenvalue weighted by atomic mass is 10.1. The monoisotopic (exact) mass is 299 g/mol. The van der Waals surface area contributed by atoms with E-state index in [9.17, 15) is 4.79 Å². The van der Waals surface area contributed by atoms with Crippen LogP contribution in [0.3, 0.4) is 0 Å². The molecular formula is C18H21NO3. The summed E-state index contributed by atoms with van der Waals surface area (Å²) in [6, 6.07) is 13.0. The van der Waals surface area contributed by atoms with Gasteiger partial charge in [0.15, 0.2) is 6.61 Å². The molecule has 0 saturated heterocycles. The third-order valence-electron chi connectivity index (χ3n) is 3.38. The lowest BCUT2D eigenvalue weighted by molar-refractivity contribution is -0.118. The van der Waals surface area contributed by atoms with Gasteiger partial charge in [-0.05, 0) is 62.2 Å². The van der Waals surface area contributed by atoms with E-state index < -0.39 is 0 Å². The predicted octanol–water partition coefficient (Wildman–Crippen LogP) is 3.72. The van der Waals surface area contributed by atoms with Gasteiger partial charge in [-0.15, -0.1) is 0 Å². The first-order valence-corrected chi connectivity index (χ1v) is 7.32. The van der Waals surface area contributed by atoms with E-state index in [2.05, 4.69) is 5.32 Å². The minimum atomic E-state index is -0.178. The van der Waals surface area contributed by atoms with Gasteiger partial charge in [0.1, 0.15) is 11.5 Å². The molecule has 0 unspecified atom stereocenters. The maximum Gasteiger partial charge on any atom is 0.262 e. The van der Waals surface area contributed by atoms with Gasteiger partial charge in [0.05, 0.1) is 6.61 Å². The zero-order chi connectivity index (χ0) is 15.9. The molecule has 0 radical (unpaired) electrons. The largest absolute Gasteiger partial charge is 0.494 e. The summed E-state index contributed by atoms with van der Waals surface area (Å²) in [6.07, 6.45) is 0. The number of hydrogen-bond acceptors (Lipinski definition) is 3. The van der Waals surface area contributed by atoms with Crippen molar-refractivity contribution in [2.24, 2.45) is 0 Å². The Morgan fingerprint density at radius 1 is 1.00 bits per heavy atom. The number of benzene rings is 2. The third-order valence-corrected chi connectivity index (χ3v) is 3.38. The molecule has 22 heavy (non-hydrogen) atoms. The van der Waals surface area contributed by atoms with Crippen molar-refractivity contribution >= 4 is 11.6 Å². The summed E-state index contributed by atoms with van der Waals surface area (Å²) < 4.78 is 10.8. The second kappa shape index (κ2) is 7.50. The molecule has 1 amide bonds. The molecule has 4 nitrogen and oxygen atoms in total. The molecule has 0 aliphatic rings. The zero-order valence-corrected chi connectivity index (χ0v) is 13.2. The lowest BCUT2D eigenvalue weighted by Crippen LogP contribution is -2.20. The van der Waals surface area contributed by atoms with Gasteiger partial charge in [0.25, 0.3) is 5.91 Å². The van der Waals surface area contributed by atoms with Crippen LogP contribution in [-0.2, 0) is 4.79 Å². The van der Waals surface area contributed by atoms with E-state index in [1.54, 1.807) is 12.1 Å². The van der Waals surface area contributed by atoms with E-state index >= 15 is 0 Å². The molecule has 0 fully saturated rings. The molecule has 0 aliphatic carbocycles. The van der Waals surface area contributed by atoms with Gasteiger partial charge >= 0.3 is 0 Å². The summed E-state index contributed by atoms with van der Waals surface area (Å²) in [6.45, 7) is 6.53. The highest BCUT2D eigenvalue weighted by atomic mass is 16.5. The standard InChI is InChI=1S/C18H21NO3/c1-4-21-15-8-10-16(11-9-15)22-12-18(20)19-17-7-5-6-13(2)14(17)3/h5-11H,4,12H2,1-3H3,(H,19,20). The number of aryl methyl sites for hydroxylation is 1. The van der Waals surface area contributed by atoms with Crippen LogP contribution in [0.15, 0.2) is 42.5 Å². The Kier molecular flexibility index (Phi) is 5.42. The van der Waals surface area contributed by atoms with Gasteiger partial charge < -0.3 is 14.8 Å². The Bertz CT molecular complexity index is 635. The molecule has 1 N–H and O–H groups in total. The van der Waals surface area contributed by atoms with Crippen molar-refractivity contribution in [2.75, 3.05) is 18.5 Å². The number of hydrogen-bond donors (Lipinski definition) is 1. The van der Waals surface area contributed by atoms with E-state index in [1.807, 2.05) is 51.1 Å². The van der Waals surface area contributed by atoms with Crippen molar-refractivity contribution in [3.8, 4) is 11.5 Å². The highest BCUT2D eigenvalue weighted by Crippen LogP contribution is 2.19. The van der Waals surface area contributed by atoms with E-state index in [-0.39, 0.29) is 12.5 Å². The fourth-order valence-electron chi connectivity index (χ4n) is 2.02. The first-order chi connectivity index (χ1) is 10.6. The van der Waals surface area contributed by atoms with Crippen molar-refractivity contribution in [2.45, 2.75) is 20.8 Å². The third kappa shape index (κ3) is 4.25. The molecule has 0 spiro atoms. The number of nitrogens with one attached hydrogen (secondary N) is 1. The maximum absolute atomic E-state index is 12.0. The maximum atomic E-state index is 12.0. The van der Waals surface area contributed by atoms with Crippen molar-refractivity contribution < 1.29 is 14.3 Å². The van der Waals surface area contributed by atoms with Crippen LogP contribution in [0.5, 0.6) is 11.5 Å². The number of anilines is 1. The Morgan fingerprint density at radius 2 is 1.64 bits per heavy atom. The molecule has 116 valence electrons. The summed E-state index contributed by atoms with van der Waals surface area (Å²) in [5, 5.41) is 2.86. The topological polar surface area (TPSA) is 47.6 Å². The Balaban J connectivity index is 1.88. The molecule has 2 aromatic rings. The summed E-state index contributed by atoms with van der Waals surface area (Å²) in [7, 11) is 0. The smallest absolute Gasteiger partial charge is 0.262 e. The summed E-state index contributed by atoms with van der Waals surface area (Å²) in [5.41, 5.74) is 3.03. The zero-order valence-electron chi connectivity index (χ0n) is 13.2. The fourth-order valence-corrected chi connectivity index (χ4v) is 2.02. The number of ether oxygens (including phenoxy) is 2. The van der Waals surface area contributed by atoms with Gasteiger partial charge in [-0.2, -0.15) is 0 Å². The average molecular weight is 299 g/mol. The summed E-state index contributed by atoms with van der Waals surface area (Å²) >= 11 is 0. The van der Waals surface area contributed by atoms with Gasteiger partial charge in [-0.3, -0.25) is 4.79 Å². The van der Waals surface area contributed by atoms with E-state index in [1.165, 1.54) is 0 Å². The lowest BCUT2D eigenvalue weighted by Gasteiger charge is -2.11. The number of carbonyl (C=O) groups excluding carboxylic acids is 1. The molecule has 2 rings (SSSR count). The first-order valence-electron chi connectivity index (χ1n) is 7.32. The SMILES string of the molecule is CCOc1ccc(OCC(=O)Nc2cccc(C)c2C)cc1. The average Bonchev–Trinajstić information content (AvgIpc) is 2.51. The first kappa shape index (κ1) is 15.9. The van der Waals surface area contributed by atoms with Crippen LogP contribution in [0.1, 0.15) is 18.1 Å². The second-order valence-corrected chi connectivity index (χ2v) is 4.99. The van der Waals surface area contributed by atoms with E-state index in [0.717, 1.165) is 22.6 Å². The Hall–Kier alpha value is -2.49.